The van der Waals surface area contributed by atoms with Crippen molar-refractivity contribution < 1.29 is 9.90 Å². The SMILES string of the molecule is CCC(C)(C)N(C)c1cc(C(=O)O)c2ccccc2n1. The molecule has 0 saturated carbocycles. The summed E-state index contributed by atoms with van der Waals surface area (Å²) in [5, 5.41) is 10.1. The predicted octanol–water partition coefficient (Wildman–Crippen LogP) is 3.56. The molecule has 2 rings (SSSR count). The van der Waals surface area contributed by atoms with Gasteiger partial charge in [-0.25, -0.2) is 9.78 Å². The van der Waals surface area contributed by atoms with Crippen molar-refractivity contribution in [2.45, 2.75) is 32.7 Å². The van der Waals surface area contributed by atoms with Gasteiger partial charge in [-0.2, -0.15) is 0 Å². The molecule has 20 heavy (non-hydrogen) atoms. The van der Waals surface area contributed by atoms with Gasteiger partial charge >= 0.3 is 5.97 Å². The average Bonchev–Trinajstić information content (AvgIpc) is 2.45. The summed E-state index contributed by atoms with van der Waals surface area (Å²) in [7, 11) is 1.95. The second-order valence-corrected chi connectivity index (χ2v) is 5.58. The molecular formula is C16H20N2O2. The smallest absolute Gasteiger partial charge is 0.336 e. The number of nitrogens with zero attached hydrogens (tertiary/aromatic N) is 2. The Morgan fingerprint density at radius 2 is 2.00 bits per heavy atom. The van der Waals surface area contributed by atoms with Gasteiger partial charge < -0.3 is 10.0 Å². The van der Waals surface area contributed by atoms with E-state index in [1.165, 1.54) is 0 Å². The number of hydrogen-bond acceptors (Lipinski definition) is 3. The summed E-state index contributed by atoms with van der Waals surface area (Å²) in [5.41, 5.74) is 0.927. The standard InChI is InChI=1S/C16H20N2O2/c1-5-16(2,3)18(4)14-10-12(15(19)20)11-8-6-7-9-13(11)17-14/h6-10H,5H2,1-4H3,(H,19,20). The van der Waals surface area contributed by atoms with Crippen LogP contribution in [-0.4, -0.2) is 28.6 Å². The number of aromatic carboxylic acids is 1. The van der Waals surface area contributed by atoms with Gasteiger partial charge in [-0.05, 0) is 32.4 Å². The maximum atomic E-state index is 11.5. The van der Waals surface area contributed by atoms with Crippen LogP contribution in [0.15, 0.2) is 30.3 Å². The highest BCUT2D eigenvalue weighted by molar-refractivity contribution is 6.03. The van der Waals surface area contributed by atoms with Crippen molar-refractivity contribution in [2.24, 2.45) is 0 Å². The maximum absolute atomic E-state index is 11.5. The van der Waals surface area contributed by atoms with Crippen LogP contribution in [0.25, 0.3) is 10.9 Å². The molecule has 0 radical (unpaired) electrons. The molecular weight excluding hydrogens is 252 g/mol. The molecule has 1 heterocycles. The minimum atomic E-state index is -0.924. The summed E-state index contributed by atoms with van der Waals surface area (Å²) in [6.45, 7) is 6.34. The van der Waals surface area contributed by atoms with E-state index in [1.54, 1.807) is 12.1 Å². The zero-order valence-corrected chi connectivity index (χ0v) is 12.3. The number of carboxylic acid groups (broad SMARTS) is 1. The molecule has 0 spiro atoms. The molecule has 0 saturated heterocycles. The number of para-hydroxylation sites is 1. The normalized spacial score (nSPS) is 11.6. The fourth-order valence-corrected chi connectivity index (χ4v) is 2.06. The minimum Gasteiger partial charge on any atom is -0.478 e. The van der Waals surface area contributed by atoms with Gasteiger partial charge in [0.15, 0.2) is 0 Å². The molecule has 0 aliphatic carbocycles. The number of pyridine rings is 1. The van der Waals surface area contributed by atoms with Gasteiger partial charge in [0, 0.05) is 18.0 Å². The average molecular weight is 272 g/mol. The van der Waals surface area contributed by atoms with E-state index in [9.17, 15) is 9.90 Å². The molecule has 1 N–H and O–H groups in total. The third-order valence-corrected chi connectivity index (χ3v) is 4.05. The molecule has 0 aliphatic heterocycles. The van der Waals surface area contributed by atoms with E-state index in [0.717, 1.165) is 6.42 Å². The summed E-state index contributed by atoms with van der Waals surface area (Å²) in [5.74, 6) is -0.236. The van der Waals surface area contributed by atoms with Crippen LogP contribution in [0.4, 0.5) is 5.82 Å². The van der Waals surface area contributed by atoms with E-state index in [-0.39, 0.29) is 5.54 Å². The molecule has 4 heteroatoms. The molecule has 0 fully saturated rings. The van der Waals surface area contributed by atoms with Crippen LogP contribution in [-0.2, 0) is 0 Å². The van der Waals surface area contributed by atoms with Crippen LogP contribution in [0.5, 0.6) is 0 Å². The number of rotatable bonds is 4. The molecule has 0 atom stereocenters. The monoisotopic (exact) mass is 272 g/mol. The fourth-order valence-electron chi connectivity index (χ4n) is 2.06. The quantitative estimate of drug-likeness (QED) is 0.924. The first-order valence-electron chi connectivity index (χ1n) is 6.73. The Morgan fingerprint density at radius 3 is 2.60 bits per heavy atom. The Hall–Kier alpha value is -2.10. The number of anilines is 1. The van der Waals surface area contributed by atoms with E-state index in [4.69, 9.17) is 0 Å². The summed E-state index contributed by atoms with van der Waals surface area (Å²) in [6, 6.07) is 8.99. The molecule has 0 amide bonds. The van der Waals surface area contributed by atoms with Crippen LogP contribution in [0.3, 0.4) is 0 Å². The van der Waals surface area contributed by atoms with E-state index in [0.29, 0.717) is 22.3 Å². The molecule has 1 aromatic heterocycles. The zero-order valence-electron chi connectivity index (χ0n) is 12.3. The van der Waals surface area contributed by atoms with Crippen LogP contribution in [0.2, 0.25) is 0 Å². The maximum Gasteiger partial charge on any atom is 0.336 e. The summed E-state index contributed by atoms with van der Waals surface area (Å²) >= 11 is 0. The highest BCUT2D eigenvalue weighted by Crippen LogP contribution is 2.27. The lowest BCUT2D eigenvalue weighted by atomic mass is 9.99. The van der Waals surface area contributed by atoms with Crippen LogP contribution in [0.1, 0.15) is 37.6 Å². The Balaban J connectivity index is 2.64. The highest BCUT2D eigenvalue weighted by atomic mass is 16.4. The lowest BCUT2D eigenvalue weighted by molar-refractivity contribution is 0.0699. The van der Waals surface area contributed by atoms with Gasteiger partial charge in [0.25, 0.3) is 0 Å². The predicted molar refractivity (Wildman–Crippen MR) is 81.5 cm³/mol. The fraction of sp³-hybridized carbons (Fsp3) is 0.375. The van der Waals surface area contributed by atoms with E-state index < -0.39 is 5.97 Å². The number of hydrogen-bond donors (Lipinski definition) is 1. The minimum absolute atomic E-state index is 0.0781. The van der Waals surface area contributed by atoms with Gasteiger partial charge in [-0.1, -0.05) is 25.1 Å². The summed E-state index contributed by atoms with van der Waals surface area (Å²) in [6.07, 6.45) is 0.945. The number of fused-ring (bicyclic) bond motifs is 1. The first kappa shape index (κ1) is 14.3. The van der Waals surface area contributed by atoms with Crippen molar-refractivity contribution in [3.63, 3.8) is 0 Å². The van der Waals surface area contributed by atoms with Gasteiger partial charge in [0.1, 0.15) is 5.82 Å². The molecule has 4 nitrogen and oxygen atoms in total. The Morgan fingerprint density at radius 1 is 1.35 bits per heavy atom. The lowest BCUT2D eigenvalue weighted by Gasteiger charge is -2.36. The van der Waals surface area contributed by atoms with Crippen LogP contribution < -0.4 is 4.90 Å². The first-order chi connectivity index (χ1) is 9.36. The topological polar surface area (TPSA) is 53.4 Å². The largest absolute Gasteiger partial charge is 0.478 e. The molecule has 106 valence electrons. The van der Waals surface area contributed by atoms with E-state index in [1.807, 2.05) is 30.1 Å². The number of carboxylic acids is 1. The van der Waals surface area contributed by atoms with Crippen molar-refractivity contribution >= 4 is 22.7 Å². The molecule has 2 aromatic rings. The molecule has 1 aromatic carbocycles. The third kappa shape index (κ3) is 2.46. The van der Waals surface area contributed by atoms with Crippen molar-refractivity contribution in [2.75, 3.05) is 11.9 Å². The number of carbonyl (C=O) groups is 1. The molecule has 0 aliphatic rings. The summed E-state index contributed by atoms with van der Waals surface area (Å²) < 4.78 is 0. The summed E-state index contributed by atoms with van der Waals surface area (Å²) in [4.78, 5) is 18.1. The van der Waals surface area contributed by atoms with Crippen molar-refractivity contribution in [1.29, 1.82) is 0 Å². The zero-order chi connectivity index (χ0) is 14.9. The van der Waals surface area contributed by atoms with Crippen LogP contribution >= 0.6 is 0 Å². The van der Waals surface area contributed by atoms with Gasteiger partial charge in [0.05, 0.1) is 11.1 Å². The number of aromatic nitrogens is 1. The Kier molecular flexibility index (Phi) is 3.66. The highest BCUT2D eigenvalue weighted by Gasteiger charge is 2.24. The van der Waals surface area contributed by atoms with Crippen molar-refractivity contribution in [1.82, 2.24) is 4.98 Å². The first-order valence-corrected chi connectivity index (χ1v) is 6.73. The Labute approximate surface area is 119 Å². The van der Waals surface area contributed by atoms with Gasteiger partial charge in [-0.3, -0.25) is 0 Å². The van der Waals surface area contributed by atoms with Crippen molar-refractivity contribution in [3.8, 4) is 0 Å². The number of benzene rings is 1. The van der Waals surface area contributed by atoms with Crippen LogP contribution in [0, 0.1) is 0 Å². The lowest BCUT2D eigenvalue weighted by Crippen LogP contribution is -2.41. The van der Waals surface area contributed by atoms with Gasteiger partial charge in [-0.15, -0.1) is 0 Å². The van der Waals surface area contributed by atoms with Crippen molar-refractivity contribution in [3.05, 3.63) is 35.9 Å². The second-order valence-electron chi connectivity index (χ2n) is 5.58. The molecule has 0 bridgehead atoms. The molecule has 0 unspecified atom stereocenters. The third-order valence-electron chi connectivity index (χ3n) is 4.05. The van der Waals surface area contributed by atoms with E-state index in [2.05, 4.69) is 25.8 Å². The van der Waals surface area contributed by atoms with Gasteiger partial charge in [0.2, 0.25) is 0 Å². The Bertz CT molecular complexity index is 650. The van der Waals surface area contributed by atoms with E-state index >= 15 is 0 Å². The second kappa shape index (κ2) is 5.12.